The minimum atomic E-state index is -4.38. The first-order valence-electron chi connectivity index (χ1n) is 10.0. The number of hydrogen-bond acceptors (Lipinski definition) is 5. The molecule has 170 valence electrons. The van der Waals surface area contributed by atoms with E-state index in [1.165, 1.54) is 17.9 Å². The van der Waals surface area contributed by atoms with Gasteiger partial charge in [0.15, 0.2) is 0 Å². The van der Waals surface area contributed by atoms with Crippen LogP contribution in [-0.2, 0) is 19.4 Å². The molecule has 0 saturated carbocycles. The summed E-state index contributed by atoms with van der Waals surface area (Å²) in [6, 6.07) is 10.6. The van der Waals surface area contributed by atoms with Gasteiger partial charge in [-0.25, -0.2) is 12.8 Å². The molecule has 8 nitrogen and oxygen atoms in total. The van der Waals surface area contributed by atoms with Gasteiger partial charge in [0.2, 0.25) is 21.1 Å². The molecule has 32 heavy (non-hydrogen) atoms. The van der Waals surface area contributed by atoms with Crippen molar-refractivity contribution < 1.29 is 27.2 Å². The van der Waals surface area contributed by atoms with Crippen LogP contribution in [0.15, 0.2) is 53.4 Å². The van der Waals surface area contributed by atoms with Crippen LogP contribution in [0.5, 0.6) is 0 Å². The Hall–Kier alpha value is -3.27. The normalized spacial score (nSPS) is 15.2. The molecule has 0 spiro atoms. The van der Waals surface area contributed by atoms with Crippen molar-refractivity contribution in [1.82, 2.24) is 15.1 Å². The molecule has 1 unspecified atom stereocenters. The molecule has 0 aliphatic carbocycles. The van der Waals surface area contributed by atoms with E-state index in [0.29, 0.717) is 0 Å². The van der Waals surface area contributed by atoms with Crippen LogP contribution in [0.3, 0.4) is 0 Å². The van der Waals surface area contributed by atoms with E-state index < -0.39 is 32.8 Å². The second kappa shape index (κ2) is 9.47. The fourth-order valence-corrected chi connectivity index (χ4v) is 4.89. The van der Waals surface area contributed by atoms with Crippen molar-refractivity contribution in [1.29, 1.82) is 0 Å². The Balaban J connectivity index is 1.92. The number of hydrogen-bond donors (Lipinski definition) is 1. The summed E-state index contributed by atoms with van der Waals surface area (Å²) >= 11 is 0. The highest BCUT2D eigenvalue weighted by Crippen LogP contribution is 2.19. The fraction of sp³-hybridized carbons (Fsp3) is 0.318. The first-order valence-corrected chi connectivity index (χ1v) is 11.6. The Bertz CT molecular complexity index is 1130. The summed E-state index contributed by atoms with van der Waals surface area (Å²) in [4.78, 5) is 40.2. The van der Waals surface area contributed by atoms with Crippen molar-refractivity contribution in [2.24, 2.45) is 0 Å². The number of piperazine rings is 1. The van der Waals surface area contributed by atoms with E-state index in [2.05, 4.69) is 5.32 Å². The summed E-state index contributed by atoms with van der Waals surface area (Å²) in [6.07, 6.45) is 0. The van der Waals surface area contributed by atoms with E-state index in [-0.39, 0.29) is 42.5 Å². The van der Waals surface area contributed by atoms with Crippen molar-refractivity contribution in [3.8, 4) is 0 Å². The van der Waals surface area contributed by atoms with Crippen LogP contribution in [0.1, 0.15) is 22.8 Å². The highest BCUT2D eigenvalue weighted by atomic mass is 32.2. The minimum absolute atomic E-state index is 0.133. The summed E-state index contributed by atoms with van der Waals surface area (Å²) < 4.78 is 39.9. The lowest BCUT2D eigenvalue weighted by atomic mass is 10.1. The van der Waals surface area contributed by atoms with Crippen LogP contribution >= 0.6 is 0 Å². The second-order valence-corrected chi connectivity index (χ2v) is 9.59. The molecule has 2 aromatic rings. The summed E-state index contributed by atoms with van der Waals surface area (Å²) in [5.74, 6) is -2.30. The number of halogens is 1. The quantitative estimate of drug-likeness (QED) is 0.677. The van der Waals surface area contributed by atoms with Crippen LogP contribution in [0.4, 0.5) is 4.39 Å². The summed E-state index contributed by atoms with van der Waals surface area (Å²) in [5.41, 5.74) is 1.00. The SMILES string of the molecule is CC(=O)N1CCN(C(=O)C(NC(=O)c2cccc(C)c2)S(=O)(=O)c2ccc(F)cc2)CC1. The van der Waals surface area contributed by atoms with Crippen LogP contribution in [0.2, 0.25) is 0 Å². The predicted molar refractivity (Wildman–Crippen MR) is 115 cm³/mol. The van der Waals surface area contributed by atoms with Crippen molar-refractivity contribution >= 4 is 27.6 Å². The van der Waals surface area contributed by atoms with E-state index in [1.807, 2.05) is 0 Å². The Labute approximate surface area is 185 Å². The number of aryl methyl sites for hydroxylation is 1. The number of sulfone groups is 1. The van der Waals surface area contributed by atoms with Crippen LogP contribution in [0.25, 0.3) is 0 Å². The number of nitrogens with one attached hydrogen (secondary N) is 1. The topological polar surface area (TPSA) is 104 Å². The average Bonchev–Trinajstić information content (AvgIpc) is 2.77. The predicted octanol–water partition coefficient (Wildman–Crippen LogP) is 1.35. The molecule has 1 N–H and O–H groups in total. The molecule has 0 radical (unpaired) electrons. The van der Waals surface area contributed by atoms with Gasteiger partial charge in [-0.15, -0.1) is 0 Å². The number of carbonyl (C=O) groups excluding carboxylic acids is 3. The second-order valence-electron chi connectivity index (χ2n) is 7.55. The fourth-order valence-electron chi connectivity index (χ4n) is 3.43. The third-order valence-corrected chi connectivity index (χ3v) is 7.13. The molecule has 1 saturated heterocycles. The molecule has 3 rings (SSSR count). The number of carbonyl (C=O) groups is 3. The van der Waals surface area contributed by atoms with Gasteiger partial charge in [-0.1, -0.05) is 17.7 Å². The molecule has 2 aromatic carbocycles. The highest BCUT2D eigenvalue weighted by Gasteiger charge is 2.39. The Kier molecular flexibility index (Phi) is 6.93. The molecular weight excluding hydrogens is 437 g/mol. The molecule has 0 bridgehead atoms. The highest BCUT2D eigenvalue weighted by molar-refractivity contribution is 7.92. The maximum absolute atomic E-state index is 13.3. The maximum Gasteiger partial charge on any atom is 0.261 e. The molecule has 0 aromatic heterocycles. The van der Waals surface area contributed by atoms with Crippen molar-refractivity contribution in [3.05, 3.63) is 65.5 Å². The van der Waals surface area contributed by atoms with Gasteiger partial charge in [0.25, 0.3) is 11.8 Å². The van der Waals surface area contributed by atoms with E-state index in [0.717, 1.165) is 29.8 Å². The van der Waals surface area contributed by atoms with Gasteiger partial charge >= 0.3 is 0 Å². The van der Waals surface area contributed by atoms with E-state index in [4.69, 9.17) is 0 Å². The Morgan fingerprint density at radius 2 is 1.56 bits per heavy atom. The Morgan fingerprint density at radius 3 is 2.12 bits per heavy atom. The van der Waals surface area contributed by atoms with Gasteiger partial charge in [-0.2, -0.15) is 0 Å². The van der Waals surface area contributed by atoms with Gasteiger partial charge in [-0.05, 0) is 43.3 Å². The lowest BCUT2D eigenvalue weighted by Crippen LogP contribution is -2.57. The van der Waals surface area contributed by atoms with Crippen LogP contribution in [0, 0.1) is 12.7 Å². The number of benzene rings is 2. The molecule has 10 heteroatoms. The Morgan fingerprint density at radius 1 is 0.969 bits per heavy atom. The minimum Gasteiger partial charge on any atom is -0.339 e. The zero-order chi connectivity index (χ0) is 23.5. The standard InChI is InChI=1S/C22H24FN3O5S/c1-15-4-3-5-17(14-15)20(28)24-21(32(30,31)19-8-6-18(23)7-9-19)22(29)26-12-10-25(11-13-26)16(2)27/h3-9,14,21H,10-13H2,1-2H3,(H,24,28). The first kappa shape index (κ1) is 23.4. The van der Waals surface area contributed by atoms with Crippen LogP contribution < -0.4 is 5.32 Å². The summed E-state index contributed by atoms with van der Waals surface area (Å²) in [7, 11) is -4.38. The molecular formula is C22H24FN3O5S. The largest absolute Gasteiger partial charge is 0.339 e. The third-order valence-electron chi connectivity index (χ3n) is 5.26. The zero-order valence-electron chi connectivity index (χ0n) is 17.7. The third kappa shape index (κ3) is 5.13. The van der Waals surface area contributed by atoms with Crippen molar-refractivity contribution in [2.75, 3.05) is 26.2 Å². The van der Waals surface area contributed by atoms with Crippen molar-refractivity contribution in [2.45, 2.75) is 24.1 Å². The number of nitrogens with zero attached hydrogens (tertiary/aromatic N) is 2. The first-order chi connectivity index (χ1) is 15.1. The molecule has 1 heterocycles. The number of rotatable bonds is 5. The average molecular weight is 462 g/mol. The van der Waals surface area contributed by atoms with Crippen molar-refractivity contribution in [3.63, 3.8) is 0 Å². The number of amides is 3. The lowest BCUT2D eigenvalue weighted by Gasteiger charge is -2.36. The molecule has 1 aliphatic heterocycles. The molecule has 3 amide bonds. The van der Waals surface area contributed by atoms with Gasteiger partial charge in [0.1, 0.15) is 5.82 Å². The van der Waals surface area contributed by atoms with E-state index in [1.54, 1.807) is 30.0 Å². The smallest absolute Gasteiger partial charge is 0.261 e. The van der Waals surface area contributed by atoms with Crippen LogP contribution in [-0.4, -0.2) is 67.5 Å². The molecule has 1 atom stereocenters. The van der Waals surface area contributed by atoms with E-state index >= 15 is 0 Å². The van der Waals surface area contributed by atoms with Gasteiger partial charge in [0, 0.05) is 38.7 Å². The summed E-state index contributed by atoms with van der Waals surface area (Å²) in [6.45, 7) is 3.99. The lowest BCUT2D eigenvalue weighted by molar-refractivity contribution is -0.138. The molecule has 1 aliphatic rings. The monoisotopic (exact) mass is 461 g/mol. The van der Waals surface area contributed by atoms with Gasteiger partial charge in [-0.3, -0.25) is 14.4 Å². The maximum atomic E-state index is 13.3. The van der Waals surface area contributed by atoms with Gasteiger partial charge < -0.3 is 15.1 Å². The van der Waals surface area contributed by atoms with E-state index in [9.17, 15) is 27.2 Å². The zero-order valence-corrected chi connectivity index (χ0v) is 18.6. The molecule has 1 fully saturated rings. The van der Waals surface area contributed by atoms with Gasteiger partial charge in [0.05, 0.1) is 4.90 Å². The summed E-state index contributed by atoms with van der Waals surface area (Å²) in [5, 5.41) is 0.454.